The van der Waals surface area contributed by atoms with Gasteiger partial charge in [0.25, 0.3) is 0 Å². The Balaban J connectivity index is 2.25. The van der Waals surface area contributed by atoms with Gasteiger partial charge in [-0.1, -0.05) is 0 Å². The molecule has 17 heavy (non-hydrogen) atoms. The number of fused-ring (bicyclic) bond motifs is 1. The molecule has 94 valence electrons. The first-order valence-corrected chi connectivity index (χ1v) is 5.85. The normalized spacial score (nSPS) is 15.5. The Bertz CT molecular complexity index is 392. The number of nitrogens with zero attached hydrogens (tertiary/aromatic N) is 1. The third-order valence-corrected chi connectivity index (χ3v) is 3.21. The fraction of sp³-hybridized carbons (Fsp3) is 0.538. The largest absolute Gasteiger partial charge is 0.493 e. The molecule has 0 saturated heterocycles. The molecule has 0 aliphatic carbocycles. The Morgan fingerprint density at radius 3 is 2.41 bits per heavy atom. The third kappa shape index (κ3) is 2.53. The van der Waals surface area contributed by atoms with Crippen molar-refractivity contribution in [2.24, 2.45) is 0 Å². The third-order valence-electron chi connectivity index (χ3n) is 3.21. The maximum absolute atomic E-state index is 8.96. The number of β-amino-alcohol motifs (C(OH)–C–C–N with tert-alkyl or cyclic N) is 1. The average molecular weight is 237 g/mol. The predicted octanol–water partition coefficient (Wildman–Crippen LogP) is 1.05. The van der Waals surface area contributed by atoms with Gasteiger partial charge in [0, 0.05) is 19.6 Å². The number of benzene rings is 1. The second kappa shape index (κ2) is 5.38. The van der Waals surface area contributed by atoms with Crippen molar-refractivity contribution in [3.63, 3.8) is 0 Å². The first-order valence-electron chi connectivity index (χ1n) is 5.85. The van der Waals surface area contributed by atoms with E-state index in [1.54, 1.807) is 14.2 Å². The number of methoxy groups -OCH3 is 2. The first kappa shape index (κ1) is 12.2. The van der Waals surface area contributed by atoms with E-state index in [-0.39, 0.29) is 6.61 Å². The van der Waals surface area contributed by atoms with Gasteiger partial charge >= 0.3 is 0 Å². The summed E-state index contributed by atoms with van der Waals surface area (Å²) in [5, 5.41) is 8.96. The van der Waals surface area contributed by atoms with Gasteiger partial charge in [-0.05, 0) is 29.7 Å². The number of hydrogen-bond acceptors (Lipinski definition) is 4. The van der Waals surface area contributed by atoms with Gasteiger partial charge in [-0.3, -0.25) is 4.90 Å². The summed E-state index contributed by atoms with van der Waals surface area (Å²) in [6.07, 6.45) is 0.996. The topological polar surface area (TPSA) is 41.9 Å². The molecule has 0 radical (unpaired) electrons. The zero-order valence-corrected chi connectivity index (χ0v) is 10.4. The van der Waals surface area contributed by atoms with E-state index in [0.29, 0.717) is 0 Å². The number of rotatable bonds is 4. The molecule has 0 fully saturated rings. The molecule has 0 unspecified atom stereocenters. The summed E-state index contributed by atoms with van der Waals surface area (Å²) in [5.41, 5.74) is 2.58. The summed E-state index contributed by atoms with van der Waals surface area (Å²) in [5.74, 6) is 1.57. The van der Waals surface area contributed by atoms with Crippen molar-refractivity contribution in [1.82, 2.24) is 4.90 Å². The van der Waals surface area contributed by atoms with Gasteiger partial charge in [0.1, 0.15) is 0 Å². The standard InChI is InChI=1S/C13H19NO3/c1-16-12-7-10-3-4-14(5-6-15)9-11(10)8-13(12)17-2/h7-8,15H,3-6,9H2,1-2H3. The molecule has 1 aromatic rings. The molecule has 2 rings (SSSR count). The van der Waals surface area contributed by atoms with Crippen molar-refractivity contribution in [2.75, 3.05) is 33.9 Å². The van der Waals surface area contributed by atoms with Crippen molar-refractivity contribution in [3.8, 4) is 11.5 Å². The van der Waals surface area contributed by atoms with E-state index in [0.717, 1.165) is 37.6 Å². The number of hydrogen-bond donors (Lipinski definition) is 1. The number of aliphatic hydroxyl groups is 1. The van der Waals surface area contributed by atoms with Crippen LogP contribution in [0, 0.1) is 0 Å². The molecule has 1 aliphatic rings. The maximum atomic E-state index is 8.96. The molecule has 4 nitrogen and oxygen atoms in total. The minimum atomic E-state index is 0.211. The number of aliphatic hydroxyl groups excluding tert-OH is 1. The molecule has 1 heterocycles. The molecular weight excluding hydrogens is 218 g/mol. The van der Waals surface area contributed by atoms with Gasteiger partial charge in [-0.25, -0.2) is 0 Å². The second-order valence-electron chi connectivity index (χ2n) is 4.23. The van der Waals surface area contributed by atoms with Crippen LogP contribution in [0.5, 0.6) is 11.5 Å². The van der Waals surface area contributed by atoms with Crippen molar-refractivity contribution in [2.45, 2.75) is 13.0 Å². The minimum Gasteiger partial charge on any atom is -0.493 e. The lowest BCUT2D eigenvalue weighted by Crippen LogP contribution is -2.32. The maximum Gasteiger partial charge on any atom is 0.161 e. The van der Waals surface area contributed by atoms with E-state index >= 15 is 0 Å². The molecular formula is C13H19NO3. The molecule has 0 saturated carbocycles. The molecule has 1 aromatic carbocycles. The lowest BCUT2D eigenvalue weighted by atomic mass is 9.99. The van der Waals surface area contributed by atoms with Crippen LogP contribution in [0.15, 0.2) is 12.1 Å². The van der Waals surface area contributed by atoms with Crippen molar-refractivity contribution in [1.29, 1.82) is 0 Å². The molecule has 1 aliphatic heterocycles. The Labute approximate surface area is 102 Å². The van der Waals surface area contributed by atoms with Crippen LogP contribution in [0.2, 0.25) is 0 Å². The smallest absolute Gasteiger partial charge is 0.161 e. The van der Waals surface area contributed by atoms with Crippen LogP contribution >= 0.6 is 0 Å². The van der Waals surface area contributed by atoms with Gasteiger partial charge in [-0.2, -0.15) is 0 Å². The fourth-order valence-electron chi connectivity index (χ4n) is 2.27. The van der Waals surface area contributed by atoms with Crippen molar-refractivity contribution < 1.29 is 14.6 Å². The SMILES string of the molecule is COc1cc2c(cc1OC)CN(CCO)CC2. The summed E-state index contributed by atoms with van der Waals surface area (Å²) in [7, 11) is 3.31. The Morgan fingerprint density at radius 2 is 1.82 bits per heavy atom. The van der Waals surface area contributed by atoms with E-state index in [9.17, 15) is 0 Å². The molecule has 0 amide bonds. The van der Waals surface area contributed by atoms with E-state index in [1.165, 1.54) is 11.1 Å². The molecule has 1 N–H and O–H groups in total. The van der Waals surface area contributed by atoms with Gasteiger partial charge < -0.3 is 14.6 Å². The predicted molar refractivity (Wildman–Crippen MR) is 65.6 cm³/mol. The van der Waals surface area contributed by atoms with E-state index in [1.807, 2.05) is 6.07 Å². The summed E-state index contributed by atoms with van der Waals surface area (Å²) < 4.78 is 10.6. The summed E-state index contributed by atoms with van der Waals surface area (Å²) >= 11 is 0. The van der Waals surface area contributed by atoms with Gasteiger partial charge in [0.05, 0.1) is 20.8 Å². The van der Waals surface area contributed by atoms with Crippen LogP contribution in [0.1, 0.15) is 11.1 Å². The molecule has 4 heteroatoms. The molecule has 0 aromatic heterocycles. The Kier molecular flexibility index (Phi) is 3.86. The van der Waals surface area contributed by atoms with Crippen molar-refractivity contribution >= 4 is 0 Å². The summed E-state index contributed by atoms with van der Waals surface area (Å²) in [6.45, 7) is 2.80. The monoisotopic (exact) mass is 237 g/mol. The van der Waals surface area contributed by atoms with E-state index < -0.39 is 0 Å². The molecule has 0 bridgehead atoms. The van der Waals surface area contributed by atoms with E-state index in [2.05, 4.69) is 11.0 Å². The zero-order chi connectivity index (χ0) is 12.3. The highest BCUT2D eigenvalue weighted by Crippen LogP contribution is 2.33. The summed E-state index contributed by atoms with van der Waals surface area (Å²) in [6, 6.07) is 4.10. The lowest BCUT2D eigenvalue weighted by Gasteiger charge is -2.28. The Morgan fingerprint density at radius 1 is 1.18 bits per heavy atom. The Hall–Kier alpha value is -1.26. The minimum absolute atomic E-state index is 0.211. The number of ether oxygens (including phenoxy) is 2. The van der Waals surface area contributed by atoms with Crippen LogP contribution < -0.4 is 9.47 Å². The highest BCUT2D eigenvalue weighted by Gasteiger charge is 2.18. The summed E-state index contributed by atoms with van der Waals surface area (Å²) in [4.78, 5) is 2.24. The molecule has 0 atom stereocenters. The van der Waals surface area contributed by atoms with Gasteiger partial charge in [-0.15, -0.1) is 0 Å². The van der Waals surface area contributed by atoms with Crippen LogP contribution in [0.3, 0.4) is 0 Å². The quantitative estimate of drug-likeness (QED) is 0.850. The first-order chi connectivity index (χ1) is 8.28. The van der Waals surface area contributed by atoms with E-state index in [4.69, 9.17) is 14.6 Å². The van der Waals surface area contributed by atoms with Crippen LogP contribution in [-0.2, 0) is 13.0 Å². The van der Waals surface area contributed by atoms with Crippen LogP contribution in [0.4, 0.5) is 0 Å². The lowest BCUT2D eigenvalue weighted by molar-refractivity contribution is 0.184. The fourth-order valence-corrected chi connectivity index (χ4v) is 2.27. The van der Waals surface area contributed by atoms with Crippen molar-refractivity contribution in [3.05, 3.63) is 23.3 Å². The van der Waals surface area contributed by atoms with Crippen LogP contribution in [-0.4, -0.2) is 43.9 Å². The van der Waals surface area contributed by atoms with Gasteiger partial charge in [0.15, 0.2) is 11.5 Å². The molecule has 0 spiro atoms. The zero-order valence-electron chi connectivity index (χ0n) is 10.4. The second-order valence-corrected chi connectivity index (χ2v) is 4.23. The average Bonchev–Trinajstić information content (AvgIpc) is 2.37. The van der Waals surface area contributed by atoms with Gasteiger partial charge in [0.2, 0.25) is 0 Å². The highest BCUT2D eigenvalue weighted by molar-refractivity contribution is 5.48. The van der Waals surface area contributed by atoms with Crippen LogP contribution in [0.25, 0.3) is 0 Å². The highest BCUT2D eigenvalue weighted by atomic mass is 16.5.